The van der Waals surface area contributed by atoms with E-state index in [0.29, 0.717) is 21.4 Å². The predicted molar refractivity (Wildman–Crippen MR) is 107 cm³/mol. The fraction of sp³-hybridized carbons (Fsp3) is 0.300. The Bertz CT molecular complexity index is 831. The smallest absolute Gasteiger partial charge is 0.407 e. The van der Waals surface area contributed by atoms with Crippen molar-refractivity contribution < 1.29 is 19.1 Å². The molecule has 0 spiro atoms. The van der Waals surface area contributed by atoms with E-state index in [0.717, 1.165) is 17.4 Å². The number of amides is 1. The Hall–Kier alpha value is -2.24. The summed E-state index contributed by atoms with van der Waals surface area (Å²) in [5, 5.41) is 3.49. The number of nitrogens with one attached hydrogen (secondary N) is 1. The van der Waals surface area contributed by atoms with E-state index in [1.807, 2.05) is 6.07 Å². The maximum Gasteiger partial charge on any atom is 0.407 e. The van der Waals surface area contributed by atoms with Crippen LogP contribution in [0.15, 0.2) is 36.4 Å². The number of hydrogen-bond donors (Lipinski definition) is 1. The number of aldehydes is 1. The predicted octanol–water partition coefficient (Wildman–Crippen LogP) is 5.38. The lowest BCUT2D eigenvalue weighted by Gasteiger charge is -2.19. The van der Waals surface area contributed by atoms with Crippen molar-refractivity contribution in [3.63, 3.8) is 0 Å². The van der Waals surface area contributed by atoms with Gasteiger partial charge >= 0.3 is 6.09 Å². The van der Waals surface area contributed by atoms with Gasteiger partial charge in [0.25, 0.3) is 0 Å². The Labute approximate surface area is 168 Å². The van der Waals surface area contributed by atoms with Crippen LogP contribution in [-0.2, 0) is 4.74 Å². The number of carbonyl (C=O) groups excluding carboxylic acids is 2. The molecule has 0 fully saturated rings. The summed E-state index contributed by atoms with van der Waals surface area (Å²) in [5.74, 6) is 0.506. The molecule has 0 saturated heterocycles. The molecule has 27 heavy (non-hydrogen) atoms. The molecule has 2 aromatic carbocycles. The van der Waals surface area contributed by atoms with E-state index in [9.17, 15) is 9.59 Å². The summed E-state index contributed by atoms with van der Waals surface area (Å²) < 4.78 is 10.8. The SMILES string of the molecule is CC(C)(C)OC(=O)NCCOc1cc(C=O)cc(-c2ccc(Cl)c(Cl)c2)c1. The zero-order valence-corrected chi connectivity index (χ0v) is 16.9. The van der Waals surface area contributed by atoms with E-state index in [1.54, 1.807) is 51.1 Å². The topological polar surface area (TPSA) is 64.6 Å². The van der Waals surface area contributed by atoms with Crippen LogP contribution < -0.4 is 10.1 Å². The summed E-state index contributed by atoms with van der Waals surface area (Å²) in [6.07, 6.45) is 0.233. The van der Waals surface area contributed by atoms with Crippen LogP contribution in [0.2, 0.25) is 10.0 Å². The zero-order valence-electron chi connectivity index (χ0n) is 15.3. The van der Waals surface area contributed by atoms with Gasteiger partial charge in [0.1, 0.15) is 24.2 Å². The summed E-state index contributed by atoms with van der Waals surface area (Å²) in [5.41, 5.74) is 1.49. The van der Waals surface area contributed by atoms with Gasteiger partial charge in [-0.25, -0.2) is 4.79 Å². The number of carbonyl (C=O) groups is 2. The lowest BCUT2D eigenvalue weighted by atomic mass is 10.0. The first-order valence-electron chi connectivity index (χ1n) is 8.33. The van der Waals surface area contributed by atoms with Crippen LogP contribution in [0.3, 0.4) is 0 Å². The molecule has 0 unspecified atom stereocenters. The molecule has 0 saturated carbocycles. The molecular formula is C20H21Cl2NO4. The molecule has 0 heterocycles. The van der Waals surface area contributed by atoms with Crippen molar-refractivity contribution >= 4 is 35.6 Å². The van der Waals surface area contributed by atoms with Gasteiger partial charge in [-0.3, -0.25) is 4.79 Å². The van der Waals surface area contributed by atoms with Gasteiger partial charge in [-0.1, -0.05) is 29.3 Å². The van der Waals surface area contributed by atoms with Crippen LogP contribution in [-0.4, -0.2) is 31.1 Å². The van der Waals surface area contributed by atoms with Crippen molar-refractivity contribution in [3.8, 4) is 16.9 Å². The first kappa shape index (κ1) is 21.1. The lowest BCUT2D eigenvalue weighted by molar-refractivity contribution is 0.0520. The van der Waals surface area contributed by atoms with Crippen molar-refractivity contribution in [3.05, 3.63) is 52.0 Å². The molecule has 1 N–H and O–H groups in total. The first-order valence-corrected chi connectivity index (χ1v) is 9.09. The van der Waals surface area contributed by atoms with Crippen molar-refractivity contribution in [2.45, 2.75) is 26.4 Å². The molecule has 0 bridgehead atoms. The molecule has 2 rings (SSSR count). The Morgan fingerprint density at radius 2 is 1.81 bits per heavy atom. The van der Waals surface area contributed by atoms with Crippen molar-refractivity contribution in [1.29, 1.82) is 0 Å². The van der Waals surface area contributed by atoms with Crippen LogP contribution in [0.1, 0.15) is 31.1 Å². The monoisotopic (exact) mass is 409 g/mol. The van der Waals surface area contributed by atoms with Crippen LogP contribution in [0, 0.1) is 0 Å². The van der Waals surface area contributed by atoms with E-state index in [1.165, 1.54) is 0 Å². The minimum atomic E-state index is -0.558. The maximum atomic E-state index is 11.6. The van der Waals surface area contributed by atoms with Crippen molar-refractivity contribution in [2.75, 3.05) is 13.2 Å². The highest BCUT2D eigenvalue weighted by Gasteiger charge is 2.15. The second-order valence-electron chi connectivity index (χ2n) is 6.81. The van der Waals surface area contributed by atoms with Crippen LogP contribution >= 0.6 is 23.2 Å². The summed E-state index contributed by atoms with van der Waals surface area (Å²) in [6.45, 7) is 5.86. The van der Waals surface area contributed by atoms with E-state index in [4.69, 9.17) is 32.7 Å². The molecule has 144 valence electrons. The highest BCUT2D eigenvalue weighted by Crippen LogP contribution is 2.31. The van der Waals surface area contributed by atoms with E-state index >= 15 is 0 Å². The third-order valence-corrected chi connectivity index (χ3v) is 4.10. The van der Waals surface area contributed by atoms with Gasteiger partial charge < -0.3 is 14.8 Å². The maximum absolute atomic E-state index is 11.6. The van der Waals surface area contributed by atoms with Gasteiger partial charge in [-0.15, -0.1) is 0 Å². The minimum Gasteiger partial charge on any atom is -0.492 e. The average molecular weight is 410 g/mol. The number of ether oxygens (including phenoxy) is 2. The fourth-order valence-electron chi connectivity index (χ4n) is 2.25. The van der Waals surface area contributed by atoms with Gasteiger partial charge in [0.2, 0.25) is 0 Å². The normalized spacial score (nSPS) is 11.0. The number of alkyl carbamates (subject to hydrolysis) is 1. The molecule has 0 aliphatic rings. The Morgan fingerprint density at radius 1 is 1.07 bits per heavy atom. The van der Waals surface area contributed by atoms with E-state index in [2.05, 4.69) is 5.32 Å². The average Bonchev–Trinajstić information content (AvgIpc) is 2.59. The lowest BCUT2D eigenvalue weighted by Crippen LogP contribution is -2.34. The molecule has 5 nitrogen and oxygen atoms in total. The Morgan fingerprint density at radius 3 is 2.44 bits per heavy atom. The Balaban J connectivity index is 2.04. The second-order valence-corrected chi connectivity index (χ2v) is 7.63. The highest BCUT2D eigenvalue weighted by molar-refractivity contribution is 6.42. The molecular weight excluding hydrogens is 389 g/mol. The molecule has 0 atom stereocenters. The molecule has 0 aromatic heterocycles. The molecule has 0 radical (unpaired) electrons. The summed E-state index contributed by atoms with van der Waals surface area (Å²) in [6, 6.07) is 10.4. The standard InChI is InChI=1S/C20H21Cl2NO4/c1-20(2,3)27-19(25)23-6-7-26-16-9-13(12-24)8-15(10-16)14-4-5-17(21)18(22)11-14/h4-5,8-12H,6-7H2,1-3H3,(H,23,25). The van der Waals surface area contributed by atoms with Gasteiger partial charge in [0.05, 0.1) is 16.6 Å². The fourth-order valence-corrected chi connectivity index (χ4v) is 2.55. The van der Waals surface area contributed by atoms with Crippen LogP contribution in [0.25, 0.3) is 11.1 Å². The summed E-state index contributed by atoms with van der Waals surface area (Å²) >= 11 is 12.0. The molecule has 1 amide bonds. The quantitative estimate of drug-likeness (QED) is 0.513. The van der Waals surface area contributed by atoms with Gasteiger partial charge in [0, 0.05) is 5.56 Å². The molecule has 0 aliphatic heterocycles. The van der Waals surface area contributed by atoms with Crippen LogP contribution in [0.5, 0.6) is 5.75 Å². The van der Waals surface area contributed by atoms with Crippen LogP contribution in [0.4, 0.5) is 4.79 Å². The first-order chi connectivity index (χ1) is 12.7. The van der Waals surface area contributed by atoms with Crippen molar-refractivity contribution in [1.82, 2.24) is 5.32 Å². The summed E-state index contributed by atoms with van der Waals surface area (Å²) in [4.78, 5) is 22.8. The number of benzene rings is 2. The minimum absolute atomic E-state index is 0.225. The number of rotatable bonds is 6. The Kier molecular flexibility index (Phi) is 7.11. The third kappa shape index (κ3) is 6.77. The largest absolute Gasteiger partial charge is 0.492 e. The number of hydrogen-bond acceptors (Lipinski definition) is 4. The van der Waals surface area contributed by atoms with Crippen molar-refractivity contribution in [2.24, 2.45) is 0 Å². The molecule has 2 aromatic rings. The van der Waals surface area contributed by atoms with Gasteiger partial charge in [-0.2, -0.15) is 0 Å². The second kappa shape index (κ2) is 9.11. The highest BCUT2D eigenvalue weighted by atomic mass is 35.5. The van der Waals surface area contributed by atoms with Gasteiger partial charge in [0.15, 0.2) is 0 Å². The molecule has 7 heteroatoms. The van der Waals surface area contributed by atoms with E-state index < -0.39 is 11.7 Å². The van der Waals surface area contributed by atoms with E-state index in [-0.39, 0.29) is 13.2 Å². The third-order valence-electron chi connectivity index (χ3n) is 3.36. The molecule has 0 aliphatic carbocycles. The number of halogens is 2. The zero-order chi connectivity index (χ0) is 20.0. The summed E-state index contributed by atoms with van der Waals surface area (Å²) in [7, 11) is 0. The van der Waals surface area contributed by atoms with Gasteiger partial charge in [-0.05, 0) is 62.2 Å².